The van der Waals surface area contributed by atoms with Crippen LogP contribution in [0.15, 0.2) is 42.9 Å². The predicted octanol–water partition coefficient (Wildman–Crippen LogP) is 5.00. The lowest BCUT2D eigenvalue weighted by molar-refractivity contribution is 0.227. The molecule has 1 atom stereocenters. The standard InChI is InChI=1S/C26H27FN6O/c1-3-32-14-19-8-17-12-30-33(13-16-4-5-16)25(17)18-9-23(26(28)29-11-18)34-15(2)22-10-20(27)6-7-21(22)24(19)31-32/h6-7,9-12,14-16H,3-5,8,13H2,1-2H3,(H2,28,29)/t15-/m1/s1. The highest BCUT2D eigenvalue weighted by Crippen LogP contribution is 2.39. The maximum absolute atomic E-state index is 14.4. The van der Waals surface area contributed by atoms with E-state index < -0.39 is 6.10 Å². The first-order valence-corrected chi connectivity index (χ1v) is 11.8. The van der Waals surface area contributed by atoms with E-state index in [0.717, 1.165) is 52.3 Å². The number of hydrogen-bond donors (Lipinski definition) is 1. The number of hydrogen-bond acceptors (Lipinski definition) is 5. The molecule has 34 heavy (non-hydrogen) atoms. The second-order valence-corrected chi connectivity index (χ2v) is 9.28. The van der Waals surface area contributed by atoms with Crippen molar-refractivity contribution in [3.8, 4) is 28.3 Å². The number of anilines is 1. The SMILES string of the molecule is CCn1cc2c(n1)-c1ccc(F)cc1[C@@H](C)Oc1cc(cnc1N)-c1c(cnn1CC1CC1)C2. The van der Waals surface area contributed by atoms with Crippen LogP contribution in [0.5, 0.6) is 5.75 Å². The van der Waals surface area contributed by atoms with Gasteiger partial charge in [-0.25, -0.2) is 9.37 Å². The fourth-order valence-electron chi connectivity index (χ4n) is 4.78. The quantitative estimate of drug-likeness (QED) is 0.467. The Bertz CT molecular complexity index is 1390. The van der Waals surface area contributed by atoms with Gasteiger partial charge in [0.2, 0.25) is 0 Å². The second kappa shape index (κ2) is 7.97. The van der Waals surface area contributed by atoms with Crippen LogP contribution in [0.4, 0.5) is 10.2 Å². The van der Waals surface area contributed by atoms with E-state index in [4.69, 9.17) is 20.7 Å². The van der Waals surface area contributed by atoms with E-state index in [1.165, 1.54) is 25.0 Å². The normalized spacial score (nSPS) is 17.1. The van der Waals surface area contributed by atoms with E-state index in [-0.39, 0.29) is 5.82 Å². The Hall–Kier alpha value is -3.68. The topological polar surface area (TPSA) is 83.8 Å². The van der Waals surface area contributed by atoms with Crippen molar-refractivity contribution in [3.63, 3.8) is 0 Å². The molecule has 3 aromatic heterocycles. The summed E-state index contributed by atoms with van der Waals surface area (Å²) in [5.74, 6) is 1.13. The van der Waals surface area contributed by atoms with Gasteiger partial charge in [-0.3, -0.25) is 9.36 Å². The third-order valence-corrected chi connectivity index (χ3v) is 6.75. The van der Waals surface area contributed by atoms with Crippen LogP contribution in [-0.4, -0.2) is 24.5 Å². The van der Waals surface area contributed by atoms with E-state index in [1.54, 1.807) is 12.3 Å². The highest BCUT2D eigenvalue weighted by atomic mass is 19.1. The summed E-state index contributed by atoms with van der Waals surface area (Å²) in [5.41, 5.74) is 12.7. The van der Waals surface area contributed by atoms with Gasteiger partial charge in [-0.1, -0.05) is 0 Å². The van der Waals surface area contributed by atoms with E-state index in [2.05, 4.69) is 22.8 Å². The minimum Gasteiger partial charge on any atom is -0.482 e. The first kappa shape index (κ1) is 20.9. The number of nitrogen functional groups attached to an aromatic ring is 1. The molecular weight excluding hydrogens is 431 g/mol. The smallest absolute Gasteiger partial charge is 0.166 e. The van der Waals surface area contributed by atoms with Crippen LogP contribution >= 0.6 is 0 Å². The number of pyridine rings is 1. The molecule has 0 spiro atoms. The molecule has 2 aliphatic rings. The lowest BCUT2D eigenvalue weighted by Crippen LogP contribution is -2.10. The molecule has 7 nitrogen and oxygen atoms in total. The van der Waals surface area contributed by atoms with Crippen molar-refractivity contribution in [2.45, 2.75) is 52.3 Å². The van der Waals surface area contributed by atoms with Crippen LogP contribution in [0, 0.1) is 11.7 Å². The molecule has 0 unspecified atom stereocenters. The molecule has 1 aliphatic carbocycles. The first-order valence-electron chi connectivity index (χ1n) is 11.8. The van der Waals surface area contributed by atoms with Crippen molar-refractivity contribution in [2.75, 3.05) is 5.73 Å². The highest BCUT2D eigenvalue weighted by Gasteiger charge is 2.27. The maximum Gasteiger partial charge on any atom is 0.166 e. The minimum absolute atomic E-state index is 0.302. The summed E-state index contributed by atoms with van der Waals surface area (Å²) in [6, 6.07) is 6.71. The number of halogens is 1. The van der Waals surface area contributed by atoms with Gasteiger partial charge in [0, 0.05) is 59.7 Å². The van der Waals surface area contributed by atoms with E-state index in [0.29, 0.717) is 23.9 Å². The summed E-state index contributed by atoms with van der Waals surface area (Å²) in [6.07, 6.45) is 8.48. The zero-order valence-corrected chi connectivity index (χ0v) is 19.3. The lowest BCUT2D eigenvalue weighted by atomic mass is 9.94. The van der Waals surface area contributed by atoms with Crippen molar-refractivity contribution in [1.29, 1.82) is 0 Å². The zero-order valence-electron chi connectivity index (χ0n) is 19.3. The summed E-state index contributed by atoms with van der Waals surface area (Å²) in [6.45, 7) is 5.58. The van der Waals surface area contributed by atoms with Gasteiger partial charge in [-0.2, -0.15) is 10.2 Å². The molecule has 8 heteroatoms. The number of benzene rings is 1. The Morgan fingerprint density at radius 3 is 2.82 bits per heavy atom. The van der Waals surface area contributed by atoms with Crippen molar-refractivity contribution in [3.05, 3.63) is 65.4 Å². The number of ether oxygens (including phenoxy) is 1. The van der Waals surface area contributed by atoms with Gasteiger partial charge in [-0.05, 0) is 56.9 Å². The molecule has 1 fully saturated rings. The Morgan fingerprint density at radius 1 is 1.18 bits per heavy atom. The number of fused-ring (bicyclic) bond motifs is 7. The van der Waals surface area contributed by atoms with Crippen LogP contribution in [0.3, 0.4) is 0 Å². The minimum atomic E-state index is -0.458. The molecule has 4 aromatic rings. The Balaban J connectivity index is 1.60. The maximum atomic E-state index is 14.4. The van der Waals surface area contributed by atoms with Gasteiger partial charge in [0.1, 0.15) is 11.9 Å². The van der Waals surface area contributed by atoms with E-state index >= 15 is 0 Å². The summed E-state index contributed by atoms with van der Waals surface area (Å²) < 4.78 is 24.7. The number of aryl methyl sites for hydroxylation is 1. The van der Waals surface area contributed by atoms with Crippen LogP contribution in [0.25, 0.3) is 22.5 Å². The number of nitrogens with two attached hydrogens (primary N) is 1. The van der Waals surface area contributed by atoms with Crippen molar-refractivity contribution >= 4 is 5.82 Å². The molecule has 2 bridgehead atoms. The molecule has 2 N–H and O–H groups in total. The number of nitrogens with zero attached hydrogens (tertiary/aromatic N) is 5. The van der Waals surface area contributed by atoms with Gasteiger partial charge < -0.3 is 10.5 Å². The third kappa shape index (κ3) is 3.63. The lowest BCUT2D eigenvalue weighted by Gasteiger charge is -2.21. The first-order chi connectivity index (χ1) is 16.5. The van der Waals surface area contributed by atoms with Crippen LogP contribution in [0.1, 0.15) is 49.5 Å². The molecule has 4 heterocycles. The molecule has 0 amide bonds. The van der Waals surface area contributed by atoms with Gasteiger partial charge >= 0.3 is 0 Å². The van der Waals surface area contributed by atoms with E-state index in [1.807, 2.05) is 23.9 Å². The largest absolute Gasteiger partial charge is 0.482 e. The molecule has 1 saturated carbocycles. The molecule has 1 aromatic carbocycles. The highest BCUT2D eigenvalue weighted by molar-refractivity contribution is 5.71. The van der Waals surface area contributed by atoms with Gasteiger partial charge in [-0.15, -0.1) is 0 Å². The number of aromatic nitrogens is 5. The average molecular weight is 459 g/mol. The van der Waals surface area contributed by atoms with Crippen LogP contribution < -0.4 is 10.5 Å². The van der Waals surface area contributed by atoms with Crippen LogP contribution in [-0.2, 0) is 19.5 Å². The van der Waals surface area contributed by atoms with Gasteiger partial charge in [0.15, 0.2) is 11.6 Å². The fraction of sp³-hybridized carbons (Fsp3) is 0.346. The molecule has 6 rings (SSSR count). The van der Waals surface area contributed by atoms with Crippen molar-refractivity contribution < 1.29 is 9.13 Å². The third-order valence-electron chi connectivity index (χ3n) is 6.75. The Morgan fingerprint density at radius 2 is 2.03 bits per heavy atom. The van der Waals surface area contributed by atoms with Crippen molar-refractivity contribution in [2.24, 2.45) is 5.92 Å². The van der Waals surface area contributed by atoms with Crippen LogP contribution in [0.2, 0.25) is 0 Å². The molecule has 0 saturated heterocycles. The second-order valence-electron chi connectivity index (χ2n) is 9.28. The number of rotatable bonds is 3. The molecule has 0 radical (unpaired) electrons. The molecule has 174 valence electrons. The molecule has 1 aliphatic heterocycles. The summed E-state index contributed by atoms with van der Waals surface area (Å²) >= 11 is 0. The Kier molecular flexibility index (Phi) is 4.90. The average Bonchev–Trinajstić information content (AvgIpc) is 3.42. The molecular formula is C26H27FN6O. The fourth-order valence-corrected chi connectivity index (χ4v) is 4.78. The predicted molar refractivity (Wildman–Crippen MR) is 128 cm³/mol. The summed E-state index contributed by atoms with van der Waals surface area (Å²) in [4.78, 5) is 4.43. The van der Waals surface area contributed by atoms with Crippen molar-refractivity contribution in [1.82, 2.24) is 24.5 Å². The van der Waals surface area contributed by atoms with Gasteiger partial charge in [0.05, 0.1) is 17.6 Å². The van der Waals surface area contributed by atoms with Gasteiger partial charge in [0.25, 0.3) is 0 Å². The summed E-state index contributed by atoms with van der Waals surface area (Å²) in [7, 11) is 0. The monoisotopic (exact) mass is 458 g/mol. The Labute approximate surface area is 197 Å². The van der Waals surface area contributed by atoms with E-state index in [9.17, 15) is 4.39 Å². The summed E-state index contributed by atoms with van der Waals surface area (Å²) in [5, 5.41) is 9.62. The zero-order chi connectivity index (χ0) is 23.4.